The van der Waals surface area contributed by atoms with E-state index in [4.69, 9.17) is 19.4 Å². The van der Waals surface area contributed by atoms with Crippen molar-refractivity contribution in [2.75, 3.05) is 19.0 Å². The van der Waals surface area contributed by atoms with E-state index in [2.05, 4.69) is 5.32 Å². The molecule has 0 aliphatic carbocycles. The summed E-state index contributed by atoms with van der Waals surface area (Å²) in [4.78, 5) is 23.9. The Hall–Kier alpha value is -3.56. The zero-order valence-electron chi connectivity index (χ0n) is 18.9. The van der Waals surface area contributed by atoms with Crippen LogP contribution in [0.15, 0.2) is 54.6 Å². The minimum atomic E-state index is -0.854. The molecule has 0 saturated heterocycles. The topological polar surface area (TPSA) is 126 Å². The van der Waals surface area contributed by atoms with Gasteiger partial charge in [0.05, 0.1) is 13.2 Å². The molecule has 2 amide bonds. The van der Waals surface area contributed by atoms with Gasteiger partial charge in [-0.05, 0) is 56.5 Å². The van der Waals surface area contributed by atoms with Crippen LogP contribution in [-0.4, -0.2) is 42.1 Å². The second kappa shape index (κ2) is 13.1. The summed E-state index contributed by atoms with van der Waals surface area (Å²) in [6, 6.07) is 12.0. The Balaban J connectivity index is 2.25. The molecule has 2 atom stereocenters. The van der Waals surface area contributed by atoms with Crippen LogP contribution in [0.25, 0.3) is 0 Å². The minimum Gasteiger partial charge on any atom is -0.504 e. The summed E-state index contributed by atoms with van der Waals surface area (Å²) in [6.45, 7) is 4.11. The van der Waals surface area contributed by atoms with Gasteiger partial charge in [-0.3, -0.25) is 15.3 Å². The van der Waals surface area contributed by atoms with E-state index in [-0.39, 0.29) is 11.5 Å². The van der Waals surface area contributed by atoms with Gasteiger partial charge in [0, 0.05) is 18.4 Å². The normalized spacial score (nSPS) is 12.7. The number of methoxy groups -OCH3 is 1. The highest BCUT2D eigenvalue weighted by atomic mass is 16.6. The summed E-state index contributed by atoms with van der Waals surface area (Å²) in [5.41, 5.74) is 3.67. The van der Waals surface area contributed by atoms with Gasteiger partial charge in [-0.25, -0.2) is 10.3 Å². The van der Waals surface area contributed by atoms with Crippen molar-refractivity contribution in [3.63, 3.8) is 0 Å². The summed E-state index contributed by atoms with van der Waals surface area (Å²) in [7, 11) is 1.44. The number of hydroxylamine groups is 1. The van der Waals surface area contributed by atoms with Crippen LogP contribution in [-0.2, 0) is 14.3 Å². The number of nitrogens with one attached hydrogen (secondary N) is 2. The first kappa shape index (κ1) is 25.7. The number of phenolic OH excluding ortho intramolecular Hbond substituents is 1. The third-order valence-electron chi connectivity index (χ3n) is 4.78. The first-order chi connectivity index (χ1) is 15.9. The van der Waals surface area contributed by atoms with Gasteiger partial charge in [0.2, 0.25) is 0 Å². The molecule has 0 fully saturated rings. The molecule has 4 N–H and O–H groups in total. The van der Waals surface area contributed by atoms with Gasteiger partial charge in [0.25, 0.3) is 5.91 Å². The second-order valence-corrected chi connectivity index (χ2v) is 7.20. The number of carbonyl (C=O) groups excluding carboxylic acids is 2. The number of hydrogen-bond acceptors (Lipinski definition) is 7. The maximum atomic E-state index is 12.7. The van der Waals surface area contributed by atoms with Crippen molar-refractivity contribution < 1.29 is 34.1 Å². The fourth-order valence-electron chi connectivity index (χ4n) is 3.17. The highest BCUT2D eigenvalue weighted by Crippen LogP contribution is 2.34. The zero-order valence-corrected chi connectivity index (χ0v) is 18.9. The van der Waals surface area contributed by atoms with E-state index >= 15 is 0 Å². The van der Waals surface area contributed by atoms with Crippen LogP contribution in [0.3, 0.4) is 0 Å². The van der Waals surface area contributed by atoms with E-state index in [1.807, 2.05) is 26.0 Å². The van der Waals surface area contributed by atoms with E-state index in [0.29, 0.717) is 30.7 Å². The van der Waals surface area contributed by atoms with Gasteiger partial charge in [-0.2, -0.15) is 0 Å². The second-order valence-electron chi connectivity index (χ2n) is 7.20. The van der Waals surface area contributed by atoms with E-state index in [9.17, 15) is 14.7 Å². The molecule has 9 nitrogen and oxygen atoms in total. The summed E-state index contributed by atoms with van der Waals surface area (Å²) < 4.78 is 16.7. The Bertz CT molecular complexity index is 944. The van der Waals surface area contributed by atoms with E-state index in [1.165, 1.54) is 24.7 Å². The van der Waals surface area contributed by atoms with Crippen molar-refractivity contribution in [1.82, 2.24) is 5.48 Å². The Morgan fingerprint density at radius 3 is 2.48 bits per heavy atom. The summed E-state index contributed by atoms with van der Waals surface area (Å²) in [6.07, 6.45) is 1.48. The summed E-state index contributed by atoms with van der Waals surface area (Å²) in [5.74, 6) is -0.460. The van der Waals surface area contributed by atoms with Crippen molar-refractivity contribution in [1.29, 1.82) is 0 Å². The number of anilines is 1. The molecule has 0 saturated carbocycles. The monoisotopic (exact) mass is 458 g/mol. The molecule has 0 radical (unpaired) electrons. The molecule has 2 aromatic rings. The number of allylic oxidation sites excluding steroid dienone is 1. The lowest BCUT2D eigenvalue weighted by molar-refractivity contribution is -0.124. The van der Waals surface area contributed by atoms with Gasteiger partial charge in [-0.1, -0.05) is 29.8 Å². The molecule has 0 heterocycles. The molecule has 0 bridgehead atoms. The van der Waals surface area contributed by atoms with Crippen LogP contribution in [0.5, 0.6) is 11.5 Å². The number of benzene rings is 2. The predicted molar refractivity (Wildman–Crippen MR) is 122 cm³/mol. The van der Waals surface area contributed by atoms with Crippen LogP contribution in [0.2, 0.25) is 0 Å². The van der Waals surface area contributed by atoms with Crippen molar-refractivity contribution in [3.05, 3.63) is 65.7 Å². The number of amides is 2. The van der Waals surface area contributed by atoms with Gasteiger partial charge in [0.15, 0.2) is 17.6 Å². The molecule has 2 aromatic carbocycles. The van der Waals surface area contributed by atoms with Crippen LogP contribution < -0.4 is 15.5 Å². The van der Waals surface area contributed by atoms with Crippen molar-refractivity contribution in [2.45, 2.75) is 38.9 Å². The highest BCUT2D eigenvalue weighted by molar-refractivity contribution is 5.86. The van der Waals surface area contributed by atoms with Crippen molar-refractivity contribution in [3.8, 4) is 11.5 Å². The highest BCUT2D eigenvalue weighted by Gasteiger charge is 2.28. The van der Waals surface area contributed by atoms with Crippen LogP contribution in [0.4, 0.5) is 10.5 Å². The standard InChI is InChI=1S/C24H30N2O7/c1-4-32-21(7-5-6-8-22(28)26-30)23(17-11-14-20(31-3)19(27)15-17)33-24(29)25-18-12-9-16(2)10-13-18/h6,8-15,21,23,27,30H,4-5,7H2,1-3H3,(H,25,29)(H,26,28)/b8-6+/t21-,23-/m1/s1. The predicted octanol–water partition coefficient (Wildman–Crippen LogP) is 4.25. The van der Waals surface area contributed by atoms with E-state index in [0.717, 1.165) is 5.56 Å². The van der Waals surface area contributed by atoms with E-state index in [1.54, 1.807) is 30.3 Å². The fourth-order valence-corrected chi connectivity index (χ4v) is 3.17. The lowest BCUT2D eigenvalue weighted by atomic mass is 9.99. The molecule has 0 aliphatic heterocycles. The molecule has 0 spiro atoms. The van der Waals surface area contributed by atoms with Crippen LogP contribution in [0.1, 0.15) is 37.0 Å². The number of ether oxygens (including phenoxy) is 3. The number of carbonyl (C=O) groups is 2. The summed E-state index contributed by atoms with van der Waals surface area (Å²) >= 11 is 0. The number of phenols is 1. The van der Waals surface area contributed by atoms with Gasteiger partial charge in [-0.15, -0.1) is 0 Å². The summed E-state index contributed by atoms with van der Waals surface area (Å²) in [5, 5.41) is 21.5. The van der Waals surface area contributed by atoms with E-state index < -0.39 is 24.2 Å². The zero-order chi connectivity index (χ0) is 24.2. The molecular weight excluding hydrogens is 428 g/mol. The average Bonchev–Trinajstić information content (AvgIpc) is 2.81. The van der Waals surface area contributed by atoms with Gasteiger partial charge >= 0.3 is 6.09 Å². The Morgan fingerprint density at radius 2 is 1.88 bits per heavy atom. The minimum absolute atomic E-state index is 0.0997. The molecule has 0 unspecified atom stereocenters. The number of hydrogen-bond donors (Lipinski definition) is 4. The van der Waals surface area contributed by atoms with Crippen molar-refractivity contribution >= 4 is 17.7 Å². The Labute approximate surface area is 192 Å². The van der Waals surface area contributed by atoms with Crippen molar-refractivity contribution in [2.24, 2.45) is 0 Å². The van der Waals surface area contributed by atoms with Gasteiger partial charge < -0.3 is 19.3 Å². The van der Waals surface area contributed by atoms with Crippen LogP contribution >= 0.6 is 0 Å². The molecular formula is C24H30N2O7. The SMILES string of the molecule is CCO[C@H](CC/C=C/C(=O)NO)[C@H](OC(=O)Nc1ccc(C)cc1)c1ccc(OC)c(O)c1. The quantitative estimate of drug-likeness (QED) is 0.225. The average molecular weight is 459 g/mol. The molecule has 178 valence electrons. The number of aromatic hydroxyl groups is 1. The first-order valence-corrected chi connectivity index (χ1v) is 10.5. The molecule has 0 aromatic heterocycles. The number of rotatable bonds is 11. The molecule has 33 heavy (non-hydrogen) atoms. The third kappa shape index (κ3) is 8.13. The first-order valence-electron chi connectivity index (χ1n) is 10.5. The number of aryl methyl sites for hydroxylation is 1. The molecule has 9 heteroatoms. The van der Waals surface area contributed by atoms with Gasteiger partial charge in [0.1, 0.15) is 0 Å². The van der Waals surface area contributed by atoms with Crippen LogP contribution in [0, 0.1) is 6.92 Å². The largest absolute Gasteiger partial charge is 0.504 e. The lowest BCUT2D eigenvalue weighted by Crippen LogP contribution is -2.29. The fraction of sp³-hybridized carbons (Fsp3) is 0.333. The molecule has 2 rings (SSSR count). The maximum absolute atomic E-state index is 12.7. The third-order valence-corrected chi connectivity index (χ3v) is 4.78. The lowest BCUT2D eigenvalue weighted by Gasteiger charge is -2.27. The smallest absolute Gasteiger partial charge is 0.412 e. The Kier molecular flexibility index (Phi) is 10.2. The molecule has 0 aliphatic rings. The maximum Gasteiger partial charge on any atom is 0.412 e. The Morgan fingerprint density at radius 1 is 1.15 bits per heavy atom.